The SMILES string of the molecule is CC(C)(C)OC(=O)N1CC[C@@H]2C(CC=O)[C@@H]21. The molecule has 1 amide bonds. The van der Waals surface area contributed by atoms with Crippen LogP contribution in [0.15, 0.2) is 0 Å². The minimum atomic E-state index is -0.440. The predicted molar refractivity (Wildman–Crippen MR) is 59.0 cm³/mol. The van der Waals surface area contributed by atoms with Gasteiger partial charge >= 0.3 is 6.09 Å². The number of carbonyl (C=O) groups is 2. The fourth-order valence-corrected chi connectivity index (χ4v) is 2.67. The van der Waals surface area contributed by atoms with Crippen LogP contribution in [0.1, 0.15) is 33.6 Å². The number of aldehydes is 1. The Labute approximate surface area is 95.9 Å². The van der Waals surface area contributed by atoms with Gasteiger partial charge in [0.25, 0.3) is 0 Å². The maximum absolute atomic E-state index is 11.9. The molecular formula is C12H19NO3. The van der Waals surface area contributed by atoms with Crippen LogP contribution in [0, 0.1) is 11.8 Å². The lowest BCUT2D eigenvalue weighted by Gasteiger charge is -2.26. The van der Waals surface area contributed by atoms with E-state index in [1.807, 2.05) is 20.8 Å². The van der Waals surface area contributed by atoms with Gasteiger partial charge in [0, 0.05) is 19.0 Å². The third-order valence-electron chi connectivity index (χ3n) is 3.35. The summed E-state index contributed by atoms with van der Waals surface area (Å²) in [5.41, 5.74) is -0.440. The summed E-state index contributed by atoms with van der Waals surface area (Å²) in [7, 11) is 0. The fourth-order valence-electron chi connectivity index (χ4n) is 2.67. The zero-order valence-corrected chi connectivity index (χ0v) is 10.1. The third kappa shape index (κ3) is 2.06. The Bertz CT molecular complexity index is 308. The first-order valence-corrected chi connectivity index (χ1v) is 5.87. The smallest absolute Gasteiger partial charge is 0.410 e. The molecule has 90 valence electrons. The number of hydrogen-bond acceptors (Lipinski definition) is 3. The third-order valence-corrected chi connectivity index (χ3v) is 3.35. The first kappa shape index (κ1) is 11.4. The van der Waals surface area contributed by atoms with Gasteiger partial charge in [-0.15, -0.1) is 0 Å². The zero-order valence-electron chi connectivity index (χ0n) is 10.1. The van der Waals surface area contributed by atoms with Crippen LogP contribution in [0.4, 0.5) is 4.79 Å². The molecule has 1 heterocycles. The number of hydrogen-bond donors (Lipinski definition) is 0. The molecule has 0 aromatic heterocycles. The minimum Gasteiger partial charge on any atom is -0.444 e. The quantitative estimate of drug-likeness (QED) is 0.673. The molecule has 0 radical (unpaired) electrons. The molecule has 0 aromatic carbocycles. The number of rotatable bonds is 2. The average Bonchev–Trinajstić information content (AvgIpc) is 2.65. The summed E-state index contributed by atoms with van der Waals surface area (Å²) in [6.07, 6.45) is 2.32. The Morgan fingerprint density at radius 2 is 2.19 bits per heavy atom. The Kier molecular flexibility index (Phi) is 2.68. The van der Waals surface area contributed by atoms with E-state index in [-0.39, 0.29) is 12.1 Å². The van der Waals surface area contributed by atoms with Gasteiger partial charge in [-0.25, -0.2) is 4.79 Å². The standard InChI is InChI=1S/C12H19NO3/c1-12(2,3)16-11(15)13-6-4-8-9(5-7-14)10(8)13/h7-10H,4-6H2,1-3H3/t8-,9?,10-/m1/s1. The van der Waals surface area contributed by atoms with Gasteiger partial charge < -0.3 is 14.4 Å². The number of nitrogens with zero attached hydrogens (tertiary/aromatic N) is 1. The maximum atomic E-state index is 11.9. The van der Waals surface area contributed by atoms with Crippen LogP contribution in [-0.2, 0) is 9.53 Å². The van der Waals surface area contributed by atoms with Gasteiger partial charge in [-0.1, -0.05) is 0 Å². The highest BCUT2D eigenvalue weighted by atomic mass is 16.6. The fraction of sp³-hybridized carbons (Fsp3) is 0.833. The number of fused-ring (bicyclic) bond motifs is 1. The highest BCUT2D eigenvalue weighted by Gasteiger charge is 2.58. The molecule has 1 unspecified atom stereocenters. The first-order valence-electron chi connectivity index (χ1n) is 5.87. The molecule has 2 fully saturated rings. The number of carbonyl (C=O) groups excluding carboxylic acids is 2. The second kappa shape index (κ2) is 3.75. The van der Waals surface area contributed by atoms with Crippen LogP contribution in [0.3, 0.4) is 0 Å². The van der Waals surface area contributed by atoms with Crippen molar-refractivity contribution < 1.29 is 14.3 Å². The minimum absolute atomic E-state index is 0.228. The second-order valence-corrected chi connectivity index (χ2v) is 5.68. The van der Waals surface area contributed by atoms with Crippen LogP contribution in [-0.4, -0.2) is 35.5 Å². The second-order valence-electron chi connectivity index (χ2n) is 5.68. The lowest BCUT2D eigenvalue weighted by Crippen LogP contribution is -2.37. The van der Waals surface area contributed by atoms with Crippen molar-refractivity contribution in [3.05, 3.63) is 0 Å². The van der Waals surface area contributed by atoms with Crippen molar-refractivity contribution in [3.8, 4) is 0 Å². The van der Waals surface area contributed by atoms with E-state index < -0.39 is 5.60 Å². The molecular weight excluding hydrogens is 206 g/mol. The van der Waals surface area contributed by atoms with Gasteiger partial charge in [-0.3, -0.25) is 0 Å². The number of likely N-dealkylation sites (tertiary alicyclic amines) is 1. The number of piperidine rings is 1. The number of amides is 1. The van der Waals surface area contributed by atoms with E-state index in [4.69, 9.17) is 4.74 Å². The normalized spacial score (nSPS) is 32.2. The summed E-state index contributed by atoms with van der Waals surface area (Å²) < 4.78 is 5.34. The maximum Gasteiger partial charge on any atom is 0.410 e. The van der Waals surface area contributed by atoms with E-state index in [1.165, 1.54) is 0 Å². The molecule has 4 heteroatoms. The topological polar surface area (TPSA) is 46.6 Å². The van der Waals surface area contributed by atoms with Crippen molar-refractivity contribution in [1.82, 2.24) is 4.90 Å². The Hall–Kier alpha value is -1.06. The van der Waals surface area contributed by atoms with E-state index in [0.717, 1.165) is 19.3 Å². The summed E-state index contributed by atoms with van der Waals surface area (Å²) in [6.45, 7) is 6.39. The van der Waals surface area contributed by atoms with Gasteiger partial charge in [0.2, 0.25) is 0 Å². The Balaban J connectivity index is 1.92. The zero-order chi connectivity index (χ0) is 11.9. The lowest BCUT2D eigenvalue weighted by atomic mass is 10.2. The molecule has 0 bridgehead atoms. The largest absolute Gasteiger partial charge is 0.444 e. The van der Waals surface area contributed by atoms with Crippen LogP contribution in [0.5, 0.6) is 0 Å². The summed E-state index contributed by atoms with van der Waals surface area (Å²) in [5.74, 6) is 0.927. The molecule has 4 nitrogen and oxygen atoms in total. The van der Waals surface area contributed by atoms with Crippen molar-refractivity contribution in [2.75, 3.05) is 6.54 Å². The summed E-state index contributed by atoms with van der Waals surface area (Å²) in [4.78, 5) is 24.1. The molecule has 1 aliphatic heterocycles. The summed E-state index contributed by atoms with van der Waals surface area (Å²) >= 11 is 0. The molecule has 1 saturated heterocycles. The van der Waals surface area contributed by atoms with Gasteiger partial charge in [0.1, 0.15) is 11.9 Å². The van der Waals surface area contributed by atoms with Gasteiger partial charge in [0.05, 0.1) is 0 Å². The van der Waals surface area contributed by atoms with Crippen LogP contribution < -0.4 is 0 Å². The van der Waals surface area contributed by atoms with Crippen LogP contribution in [0.2, 0.25) is 0 Å². The van der Waals surface area contributed by atoms with Crippen LogP contribution in [0.25, 0.3) is 0 Å². The van der Waals surface area contributed by atoms with E-state index in [9.17, 15) is 9.59 Å². The van der Waals surface area contributed by atoms with Gasteiger partial charge in [0.15, 0.2) is 0 Å². The monoisotopic (exact) mass is 225 g/mol. The highest BCUT2D eigenvalue weighted by Crippen LogP contribution is 2.52. The molecule has 3 atom stereocenters. The molecule has 1 saturated carbocycles. The van der Waals surface area contributed by atoms with Crippen molar-refractivity contribution in [3.63, 3.8) is 0 Å². The van der Waals surface area contributed by atoms with E-state index >= 15 is 0 Å². The van der Waals surface area contributed by atoms with Crippen molar-refractivity contribution >= 4 is 12.4 Å². The van der Waals surface area contributed by atoms with Crippen molar-refractivity contribution in [2.24, 2.45) is 11.8 Å². The highest BCUT2D eigenvalue weighted by molar-refractivity contribution is 5.70. The average molecular weight is 225 g/mol. The van der Waals surface area contributed by atoms with Crippen molar-refractivity contribution in [2.45, 2.75) is 45.3 Å². The molecule has 0 aromatic rings. The lowest BCUT2D eigenvalue weighted by molar-refractivity contribution is -0.108. The van der Waals surface area contributed by atoms with Crippen LogP contribution >= 0.6 is 0 Å². The van der Waals surface area contributed by atoms with E-state index in [2.05, 4.69) is 0 Å². The van der Waals surface area contributed by atoms with Crippen molar-refractivity contribution in [1.29, 1.82) is 0 Å². The molecule has 2 aliphatic rings. The molecule has 0 spiro atoms. The Morgan fingerprint density at radius 1 is 1.50 bits per heavy atom. The summed E-state index contributed by atoms with van der Waals surface area (Å²) in [5, 5.41) is 0. The molecule has 0 N–H and O–H groups in total. The Morgan fingerprint density at radius 3 is 2.75 bits per heavy atom. The molecule has 16 heavy (non-hydrogen) atoms. The van der Waals surface area contributed by atoms with Gasteiger partial charge in [-0.2, -0.15) is 0 Å². The summed E-state index contributed by atoms with van der Waals surface area (Å²) in [6, 6.07) is 0.264. The first-order chi connectivity index (χ1) is 7.44. The van der Waals surface area contributed by atoms with E-state index in [1.54, 1.807) is 4.90 Å². The van der Waals surface area contributed by atoms with Gasteiger partial charge in [-0.05, 0) is 39.0 Å². The molecule has 2 rings (SSSR count). The predicted octanol–water partition coefficient (Wildman–Crippen LogP) is 1.83. The van der Waals surface area contributed by atoms with E-state index in [0.29, 0.717) is 18.3 Å². The molecule has 1 aliphatic carbocycles. The number of ether oxygens (including phenoxy) is 1.